The van der Waals surface area contributed by atoms with Crippen LogP contribution in [0.25, 0.3) is 0 Å². The maximum Gasteiger partial charge on any atom is 0.198 e. The molecule has 2 nitrogen and oxygen atoms in total. The molecule has 0 aromatic carbocycles. The second-order valence-electron chi connectivity index (χ2n) is 1.68. The van der Waals surface area contributed by atoms with E-state index in [1.165, 1.54) is 12.3 Å². The lowest BCUT2D eigenvalue weighted by atomic mass is 10.3. The number of hydrogen-bond acceptors (Lipinski definition) is 1. The summed E-state index contributed by atoms with van der Waals surface area (Å²) >= 11 is 5.53. The minimum Gasteiger partial charge on any atom is -0.351 e. The molecule has 0 fully saturated rings. The van der Waals surface area contributed by atoms with E-state index in [1.54, 1.807) is 0 Å². The van der Waals surface area contributed by atoms with Crippen molar-refractivity contribution in [2.75, 3.05) is 0 Å². The van der Waals surface area contributed by atoms with Crippen molar-refractivity contribution in [3.05, 3.63) is 33.2 Å². The summed E-state index contributed by atoms with van der Waals surface area (Å²) in [5, 5.41) is 0.218. The van der Waals surface area contributed by atoms with Gasteiger partial charge in [0.15, 0.2) is 5.43 Å². The molecular formula is C7H4ClNO. The highest BCUT2D eigenvalue weighted by Crippen LogP contribution is 2.03. The van der Waals surface area contributed by atoms with E-state index in [2.05, 4.69) is 10.9 Å². The number of hydrogen-bond donors (Lipinski definition) is 1. The highest BCUT2D eigenvalue weighted by atomic mass is 35.5. The Kier molecular flexibility index (Phi) is 1.79. The van der Waals surface area contributed by atoms with Gasteiger partial charge >= 0.3 is 0 Å². The predicted molar refractivity (Wildman–Crippen MR) is 40.0 cm³/mol. The van der Waals surface area contributed by atoms with E-state index in [0.29, 0.717) is 0 Å². The van der Waals surface area contributed by atoms with Gasteiger partial charge < -0.3 is 4.98 Å². The second-order valence-corrected chi connectivity index (χ2v) is 2.05. The number of nitrogens with one attached hydrogen (secondary N) is 1. The molecule has 10 heavy (non-hydrogen) atoms. The summed E-state index contributed by atoms with van der Waals surface area (Å²) in [6.07, 6.45) is 6.45. The molecule has 1 aromatic rings. The summed E-state index contributed by atoms with van der Waals surface area (Å²) in [7, 11) is 0. The summed E-state index contributed by atoms with van der Waals surface area (Å²) in [6, 6.07) is 1.33. The first-order chi connectivity index (χ1) is 4.75. The van der Waals surface area contributed by atoms with Gasteiger partial charge in [0.1, 0.15) is 10.7 Å². The summed E-state index contributed by atoms with van der Waals surface area (Å²) < 4.78 is 0. The molecule has 0 bridgehead atoms. The zero-order valence-electron chi connectivity index (χ0n) is 5.02. The molecule has 0 unspecified atom stereocenters. The average Bonchev–Trinajstić information content (AvgIpc) is 1.88. The van der Waals surface area contributed by atoms with E-state index in [1.807, 2.05) is 0 Å². The van der Waals surface area contributed by atoms with Crippen molar-refractivity contribution in [2.45, 2.75) is 0 Å². The van der Waals surface area contributed by atoms with E-state index in [0.717, 1.165) is 0 Å². The van der Waals surface area contributed by atoms with Gasteiger partial charge in [-0.3, -0.25) is 4.79 Å². The van der Waals surface area contributed by atoms with Crippen LogP contribution in [0.15, 0.2) is 17.1 Å². The number of aromatic nitrogens is 1. The van der Waals surface area contributed by atoms with Gasteiger partial charge in [0.05, 0.1) is 0 Å². The van der Waals surface area contributed by atoms with Crippen molar-refractivity contribution in [1.29, 1.82) is 0 Å². The summed E-state index contributed by atoms with van der Waals surface area (Å²) in [6.45, 7) is 0. The molecule has 0 amide bonds. The van der Waals surface area contributed by atoms with Crippen LogP contribution in [0.4, 0.5) is 0 Å². The van der Waals surface area contributed by atoms with Crippen LogP contribution in [0.5, 0.6) is 0 Å². The van der Waals surface area contributed by atoms with Gasteiger partial charge in [-0.2, -0.15) is 0 Å². The van der Waals surface area contributed by atoms with Crippen molar-refractivity contribution in [1.82, 2.24) is 4.98 Å². The Morgan fingerprint density at radius 3 is 2.80 bits per heavy atom. The number of pyridine rings is 1. The van der Waals surface area contributed by atoms with Crippen LogP contribution in [0.2, 0.25) is 5.15 Å². The van der Waals surface area contributed by atoms with E-state index in [9.17, 15) is 4.79 Å². The first-order valence-corrected chi connectivity index (χ1v) is 2.97. The number of terminal acetylenes is 1. The molecule has 0 aliphatic heterocycles. The van der Waals surface area contributed by atoms with Crippen LogP contribution in [0, 0.1) is 12.3 Å². The van der Waals surface area contributed by atoms with E-state index in [4.69, 9.17) is 18.0 Å². The Morgan fingerprint density at radius 1 is 1.70 bits per heavy atom. The molecule has 1 N–H and O–H groups in total. The van der Waals surface area contributed by atoms with E-state index < -0.39 is 0 Å². The summed E-state index contributed by atoms with van der Waals surface area (Å²) in [5.41, 5.74) is -0.0459. The minimum atomic E-state index is -0.230. The Bertz CT molecular complexity index is 334. The van der Waals surface area contributed by atoms with Crippen molar-refractivity contribution < 1.29 is 0 Å². The molecule has 0 aliphatic carbocycles. The molecule has 1 heterocycles. The molecule has 1 aromatic heterocycles. The van der Waals surface area contributed by atoms with Crippen LogP contribution in [-0.4, -0.2) is 4.98 Å². The monoisotopic (exact) mass is 153 g/mol. The Balaban J connectivity index is 3.50. The van der Waals surface area contributed by atoms with Crippen LogP contribution in [0.1, 0.15) is 5.56 Å². The highest BCUT2D eigenvalue weighted by Gasteiger charge is 1.98. The lowest BCUT2D eigenvalue weighted by molar-refractivity contribution is 1.29. The lowest BCUT2D eigenvalue weighted by Crippen LogP contribution is -2.04. The standard InChI is InChI=1S/C7H4ClNO/c1-2-5-6(10)3-4-9-7(5)8/h1,3-4H,(H,9,10). The molecule has 1 rings (SSSR count). The maximum atomic E-state index is 10.8. The largest absolute Gasteiger partial charge is 0.351 e. The quantitative estimate of drug-likeness (QED) is 0.438. The summed E-state index contributed by atoms with van der Waals surface area (Å²) in [4.78, 5) is 13.4. The summed E-state index contributed by atoms with van der Waals surface area (Å²) in [5.74, 6) is 2.19. The molecule has 50 valence electrons. The molecule has 0 aliphatic rings. The maximum absolute atomic E-state index is 10.8. The first kappa shape index (κ1) is 6.91. The fourth-order valence-electron chi connectivity index (χ4n) is 0.589. The number of halogens is 1. The Hall–Kier alpha value is -1.20. The van der Waals surface area contributed by atoms with Gasteiger partial charge in [-0.05, 0) is 0 Å². The third-order valence-corrected chi connectivity index (χ3v) is 1.35. The molecule has 0 saturated heterocycles. The molecule has 3 heteroatoms. The Morgan fingerprint density at radius 2 is 2.40 bits per heavy atom. The first-order valence-electron chi connectivity index (χ1n) is 2.59. The molecule has 0 spiro atoms. The van der Waals surface area contributed by atoms with Gasteiger partial charge in [-0.25, -0.2) is 0 Å². The number of H-pyrrole nitrogens is 1. The molecular weight excluding hydrogens is 150 g/mol. The fourth-order valence-corrected chi connectivity index (χ4v) is 0.799. The third-order valence-electron chi connectivity index (χ3n) is 1.05. The van der Waals surface area contributed by atoms with Crippen LogP contribution in [-0.2, 0) is 0 Å². The average molecular weight is 154 g/mol. The fraction of sp³-hybridized carbons (Fsp3) is 0. The van der Waals surface area contributed by atoms with Crippen LogP contribution in [0.3, 0.4) is 0 Å². The van der Waals surface area contributed by atoms with Crippen molar-refractivity contribution in [2.24, 2.45) is 0 Å². The van der Waals surface area contributed by atoms with Gasteiger partial charge in [0, 0.05) is 12.3 Å². The second kappa shape index (κ2) is 2.59. The van der Waals surface area contributed by atoms with Gasteiger partial charge in [-0.1, -0.05) is 17.5 Å². The molecule has 0 saturated carbocycles. The Labute approximate surface area is 62.8 Å². The van der Waals surface area contributed by atoms with Crippen LogP contribution >= 0.6 is 11.6 Å². The number of aromatic amines is 1. The predicted octanol–water partition coefficient (Wildman–Crippen LogP) is 1.01. The van der Waals surface area contributed by atoms with Crippen molar-refractivity contribution >= 4 is 11.6 Å². The zero-order valence-corrected chi connectivity index (χ0v) is 5.77. The van der Waals surface area contributed by atoms with E-state index >= 15 is 0 Å². The SMILES string of the molecule is C#Cc1c(Cl)[nH]ccc1=O. The third kappa shape index (κ3) is 1.04. The smallest absolute Gasteiger partial charge is 0.198 e. The zero-order chi connectivity index (χ0) is 7.56. The molecule has 0 radical (unpaired) electrons. The molecule has 0 atom stereocenters. The van der Waals surface area contributed by atoms with Gasteiger partial charge in [-0.15, -0.1) is 6.42 Å². The van der Waals surface area contributed by atoms with Crippen molar-refractivity contribution in [3.8, 4) is 12.3 Å². The number of rotatable bonds is 0. The van der Waals surface area contributed by atoms with E-state index in [-0.39, 0.29) is 16.1 Å². The topological polar surface area (TPSA) is 32.9 Å². The normalized spacial score (nSPS) is 8.80. The lowest BCUT2D eigenvalue weighted by Gasteiger charge is -1.90. The van der Waals surface area contributed by atoms with Crippen LogP contribution < -0.4 is 5.43 Å². The van der Waals surface area contributed by atoms with Gasteiger partial charge in [0.25, 0.3) is 0 Å². The minimum absolute atomic E-state index is 0.184. The highest BCUT2D eigenvalue weighted by molar-refractivity contribution is 6.30. The van der Waals surface area contributed by atoms with Crippen molar-refractivity contribution in [3.63, 3.8) is 0 Å². The van der Waals surface area contributed by atoms with Gasteiger partial charge in [0.2, 0.25) is 0 Å².